The van der Waals surface area contributed by atoms with Crippen LogP contribution in [0.2, 0.25) is 0 Å². The summed E-state index contributed by atoms with van der Waals surface area (Å²) in [5.74, 6) is 0. The second-order valence-electron chi connectivity index (χ2n) is 17.1. The number of thiophene rings is 1. The van der Waals surface area contributed by atoms with Crippen molar-refractivity contribution in [3.8, 4) is 44.5 Å². The number of nitrogens with zero attached hydrogens (tertiary/aromatic N) is 1. The third-order valence-electron chi connectivity index (χ3n) is 13.9. The molecule has 0 aliphatic heterocycles. The highest BCUT2D eigenvalue weighted by molar-refractivity contribution is 7.26. The Hall–Kier alpha value is -7.98. The molecule has 0 fully saturated rings. The van der Waals surface area contributed by atoms with Crippen molar-refractivity contribution in [3.63, 3.8) is 0 Å². The quantitative estimate of drug-likeness (QED) is 0.172. The summed E-state index contributed by atoms with van der Waals surface area (Å²) in [5.41, 5.74) is 19.9. The first-order chi connectivity index (χ1) is 31.7. The van der Waals surface area contributed by atoms with Crippen LogP contribution >= 0.6 is 11.3 Å². The van der Waals surface area contributed by atoms with Gasteiger partial charge in [-0.05, 0) is 110 Å². The first kappa shape index (κ1) is 35.6. The van der Waals surface area contributed by atoms with Gasteiger partial charge in [-0.3, -0.25) is 0 Å². The van der Waals surface area contributed by atoms with Gasteiger partial charge in [-0.2, -0.15) is 0 Å². The monoisotopic (exact) mass is 831 g/mol. The van der Waals surface area contributed by atoms with Crippen LogP contribution in [0.1, 0.15) is 22.3 Å². The van der Waals surface area contributed by atoms with Crippen LogP contribution in [0.25, 0.3) is 86.6 Å². The molecule has 298 valence electrons. The van der Waals surface area contributed by atoms with E-state index in [0.29, 0.717) is 0 Å². The van der Waals surface area contributed by atoms with E-state index in [1.165, 1.54) is 75.8 Å². The van der Waals surface area contributed by atoms with Crippen LogP contribution in [0.4, 0.5) is 17.1 Å². The van der Waals surface area contributed by atoms with Gasteiger partial charge in [0.2, 0.25) is 0 Å². The van der Waals surface area contributed by atoms with Gasteiger partial charge in [-0.15, -0.1) is 11.3 Å². The van der Waals surface area contributed by atoms with Crippen LogP contribution in [-0.2, 0) is 5.41 Å². The fraction of sp³-hybridized carbons (Fsp3) is 0.0164. The maximum Gasteiger partial charge on any atom is 0.143 e. The molecule has 0 atom stereocenters. The van der Waals surface area contributed by atoms with Gasteiger partial charge in [0, 0.05) is 53.6 Å². The molecule has 2 aliphatic carbocycles. The van der Waals surface area contributed by atoms with E-state index in [-0.39, 0.29) is 0 Å². The molecule has 0 saturated carbocycles. The third-order valence-corrected chi connectivity index (χ3v) is 15.1. The maximum absolute atomic E-state index is 6.50. The smallest absolute Gasteiger partial charge is 0.143 e. The standard InChI is InChI=1S/C61H37NOS/c1-6-22-53-45(13-1)46-14-2-7-23-54(46)61(53)55-24-8-3-15-47(55)48-36-35-42(37-56(48)61)62(40-31-27-38(28-32-40)43-18-11-20-51-49-16-4-9-25-57(49)63-59(43)51)41-33-29-39(30-34-41)44-19-12-21-52-50-17-5-10-26-58(50)64-60(44)52/h1-37H. The Kier molecular flexibility index (Phi) is 7.51. The van der Waals surface area contributed by atoms with E-state index < -0.39 is 5.41 Å². The van der Waals surface area contributed by atoms with Gasteiger partial charge in [0.1, 0.15) is 11.2 Å². The molecule has 2 heterocycles. The van der Waals surface area contributed by atoms with Gasteiger partial charge in [-0.25, -0.2) is 0 Å². The molecular formula is C61H37NOS. The summed E-state index contributed by atoms with van der Waals surface area (Å²) in [7, 11) is 0. The maximum atomic E-state index is 6.50. The molecule has 0 bridgehead atoms. The first-order valence-electron chi connectivity index (χ1n) is 22.0. The molecule has 0 unspecified atom stereocenters. The van der Waals surface area contributed by atoms with Crippen LogP contribution < -0.4 is 4.90 Å². The lowest BCUT2D eigenvalue weighted by Gasteiger charge is -2.32. The highest BCUT2D eigenvalue weighted by Crippen LogP contribution is 2.63. The molecule has 1 spiro atoms. The van der Waals surface area contributed by atoms with E-state index in [9.17, 15) is 0 Å². The number of para-hydroxylation sites is 2. The fourth-order valence-electron chi connectivity index (χ4n) is 11.2. The van der Waals surface area contributed by atoms with Gasteiger partial charge < -0.3 is 9.32 Å². The van der Waals surface area contributed by atoms with Crippen molar-refractivity contribution in [3.05, 3.63) is 247 Å². The predicted octanol–water partition coefficient (Wildman–Crippen LogP) is 17.1. The Bertz CT molecular complexity index is 3630. The molecule has 14 rings (SSSR count). The number of hydrogen-bond acceptors (Lipinski definition) is 3. The number of benzene rings is 10. The summed E-state index contributed by atoms with van der Waals surface area (Å²) < 4.78 is 9.14. The highest BCUT2D eigenvalue weighted by atomic mass is 32.1. The largest absolute Gasteiger partial charge is 0.455 e. The van der Waals surface area contributed by atoms with Crippen molar-refractivity contribution in [2.24, 2.45) is 0 Å². The first-order valence-corrected chi connectivity index (χ1v) is 22.8. The van der Waals surface area contributed by atoms with E-state index >= 15 is 0 Å². The van der Waals surface area contributed by atoms with Crippen molar-refractivity contribution in [2.75, 3.05) is 4.90 Å². The Morgan fingerprint density at radius 2 is 0.828 bits per heavy atom. The zero-order valence-electron chi connectivity index (χ0n) is 34.6. The second kappa shape index (κ2) is 13.5. The van der Waals surface area contributed by atoms with Crippen molar-refractivity contribution >= 4 is 70.5 Å². The van der Waals surface area contributed by atoms with E-state index in [0.717, 1.165) is 50.1 Å². The molecule has 64 heavy (non-hydrogen) atoms. The van der Waals surface area contributed by atoms with Gasteiger partial charge in [0.05, 0.1) is 5.41 Å². The fourth-order valence-corrected chi connectivity index (χ4v) is 12.4. The topological polar surface area (TPSA) is 16.4 Å². The minimum Gasteiger partial charge on any atom is -0.455 e. The Morgan fingerprint density at radius 1 is 0.344 bits per heavy atom. The number of anilines is 3. The van der Waals surface area contributed by atoms with Crippen molar-refractivity contribution in [1.82, 2.24) is 0 Å². The van der Waals surface area contributed by atoms with Crippen LogP contribution in [0.15, 0.2) is 229 Å². The van der Waals surface area contributed by atoms with E-state index in [1.54, 1.807) is 0 Å². The van der Waals surface area contributed by atoms with E-state index in [1.807, 2.05) is 17.4 Å². The average molecular weight is 832 g/mol. The van der Waals surface area contributed by atoms with Gasteiger partial charge >= 0.3 is 0 Å². The predicted molar refractivity (Wildman–Crippen MR) is 268 cm³/mol. The molecule has 2 aromatic heterocycles. The second-order valence-corrected chi connectivity index (χ2v) is 18.2. The van der Waals surface area contributed by atoms with E-state index in [4.69, 9.17) is 4.42 Å². The Labute approximate surface area is 374 Å². The lowest BCUT2D eigenvalue weighted by molar-refractivity contribution is 0.670. The summed E-state index contributed by atoms with van der Waals surface area (Å²) in [6.07, 6.45) is 0. The molecule has 3 heteroatoms. The van der Waals surface area contributed by atoms with Gasteiger partial charge in [0.25, 0.3) is 0 Å². The van der Waals surface area contributed by atoms with Crippen LogP contribution in [0.5, 0.6) is 0 Å². The summed E-state index contributed by atoms with van der Waals surface area (Å²) in [6.45, 7) is 0. The molecule has 0 N–H and O–H groups in total. The minimum absolute atomic E-state index is 0.442. The lowest BCUT2D eigenvalue weighted by atomic mass is 9.70. The highest BCUT2D eigenvalue weighted by Gasteiger charge is 2.51. The normalized spacial score (nSPS) is 13.1. The zero-order chi connectivity index (χ0) is 41.9. The number of furan rings is 1. The SMILES string of the molecule is c1ccc2c(c1)-c1ccccc1C21c2ccccc2-c2ccc(N(c3ccc(-c4cccc5c4oc4ccccc45)cc3)c3ccc(-c4cccc5c4sc4ccccc45)cc3)cc21. The number of fused-ring (bicyclic) bond motifs is 16. The van der Waals surface area contributed by atoms with Crippen molar-refractivity contribution in [2.45, 2.75) is 5.41 Å². The zero-order valence-corrected chi connectivity index (χ0v) is 35.4. The van der Waals surface area contributed by atoms with E-state index in [2.05, 4.69) is 223 Å². The molecule has 0 saturated heterocycles. The number of hydrogen-bond donors (Lipinski definition) is 0. The molecule has 10 aromatic carbocycles. The Balaban J connectivity index is 0.954. The van der Waals surface area contributed by atoms with Crippen LogP contribution in [0, 0.1) is 0 Å². The van der Waals surface area contributed by atoms with Crippen LogP contribution in [0.3, 0.4) is 0 Å². The van der Waals surface area contributed by atoms with Crippen LogP contribution in [-0.4, -0.2) is 0 Å². The van der Waals surface area contributed by atoms with Crippen molar-refractivity contribution in [1.29, 1.82) is 0 Å². The molecule has 12 aromatic rings. The summed E-state index contributed by atoms with van der Waals surface area (Å²) in [4.78, 5) is 2.43. The summed E-state index contributed by atoms with van der Waals surface area (Å²) in [6, 6.07) is 82.7. The Morgan fingerprint density at radius 3 is 1.50 bits per heavy atom. The minimum atomic E-state index is -0.442. The number of rotatable bonds is 5. The average Bonchev–Trinajstić information content (AvgIpc) is 4.10. The lowest BCUT2D eigenvalue weighted by Crippen LogP contribution is -2.26. The molecular weight excluding hydrogens is 795 g/mol. The molecule has 0 amide bonds. The summed E-state index contributed by atoms with van der Waals surface area (Å²) >= 11 is 1.88. The molecule has 2 aliphatic rings. The molecule has 2 nitrogen and oxygen atoms in total. The van der Waals surface area contributed by atoms with Crippen molar-refractivity contribution < 1.29 is 4.42 Å². The third kappa shape index (κ3) is 4.90. The van der Waals surface area contributed by atoms with Gasteiger partial charge in [0.15, 0.2) is 0 Å². The molecule has 0 radical (unpaired) electrons. The summed E-state index contributed by atoms with van der Waals surface area (Å²) in [5, 5.41) is 4.90. The van der Waals surface area contributed by atoms with Gasteiger partial charge in [-0.1, -0.05) is 176 Å².